The summed E-state index contributed by atoms with van der Waals surface area (Å²) in [5.74, 6) is 0. The zero-order chi connectivity index (χ0) is 21.8. The molecule has 0 unspecified atom stereocenters. The van der Waals surface area contributed by atoms with Crippen LogP contribution in [-0.4, -0.2) is 24.0 Å². The molecule has 0 N–H and O–H groups in total. The topological polar surface area (TPSA) is 3.24 Å². The van der Waals surface area contributed by atoms with Gasteiger partial charge in [0.15, 0.2) is 0 Å². The second-order valence-corrected chi connectivity index (χ2v) is 6.90. The van der Waals surface area contributed by atoms with Gasteiger partial charge in [-0.2, -0.15) is 0 Å². The zero-order valence-corrected chi connectivity index (χ0v) is 21.6. The Morgan fingerprint density at radius 2 is 1.27 bits per heavy atom. The van der Waals surface area contributed by atoms with Gasteiger partial charge in [0.25, 0.3) is 0 Å². The van der Waals surface area contributed by atoms with Crippen molar-refractivity contribution >= 4 is 15.9 Å². The van der Waals surface area contributed by atoms with Crippen molar-refractivity contribution in [3.8, 4) is 0 Å². The fraction of sp³-hybridized carbons (Fsp3) is 0.750. The van der Waals surface area contributed by atoms with E-state index in [1.807, 2.05) is 47.6 Å². The molecule has 2 heteroatoms. The van der Waals surface area contributed by atoms with Crippen molar-refractivity contribution in [2.45, 2.75) is 107 Å². The third-order valence-corrected chi connectivity index (χ3v) is 2.98. The minimum Gasteiger partial charge on any atom is -0.301 e. The summed E-state index contributed by atoms with van der Waals surface area (Å²) in [7, 11) is 0. The predicted molar refractivity (Wildman–Crippen MR) is 133 cm³/mol. The quantitative estimate of drug-likeness (QED) is 0.309. The van der Waals surface area contributed by atoms with Crippen LogP contribution >= 0.6 is 15.9 Å². The van der Waals surface area contributed by atoms with Crippen LogP contribution in [0.25, 0.3) is 0 Å². The van der Waals surface area contributed by atoms with Gasteiger partial charge in [-0.15, -0.1) is 6.58 Å². The van der Waals surface area contributed by atoms with E-state index in [4.69, 9.17) is 0 Å². The first-order valence-electron chi connectivity index (χ1n) is 10.7. The fourth-order valence-corrected chi connectivity index (χ4v) is 1.96. The molecule has 0 aromatic heterocycles. The Bertz CT molecular complexity index is 245. The first kappa shape index (κ1) is 36.6. The van der Waals surface area contributed by atoms with Crippen molar-refractivity contribution in [1.82, 2.24) is 4.90 Å². The van der Waals surface area contributed by atoms with Gasteiger partial charge in [-0.3, -0.25) is 0 Å². The van der Waals surface area contributed by atoms with Gasteiger partial charge in [0.1, 0.15) is 0 Å². The molecule has 1 saturated heterocycles. The molecule has 0 aliphatic carbocycles. The van der Waals surface area contributed by atoms with Gasteiger partial charge in [-0.05, 0) is 58.1 Å². The maximum absolute atomic E-state index is 3.49. The Labute approximate surface area is 177 Å². The van der Waals surface area contributed by atoms with E-state index in [2.05, 4.69) is 61.7 Å². The lowest BCUT2D eigenvalue weighted by Gasteiger charge is -2.23. The summed E-state index contributed by atoms with van der Waals surface area (Å²) in [5, 5.41) is 0. The average Bonchev–Trinajstić information content (AvgIpc) is 2.90. The van der Waals surface area contributed by atoms with Gasteiger partial charge in [0.2, 0.25) is 0 Å². The summed E-state index contributed by atoms with van der Waals surface area (Å²) >= 11 is 3.22. The molecule has 0 aromatic rings. The molecule has 160 valence electrons. The number of allylic oxidation sites excluding steroid dienone is 4. The highest BCUT2D eigenvalue weighted by Crippen LogP contribution is 2.11. The van der Waals surface area contributed by atoms with Gasteiger partial charge < -0.3 is 4.90 Å². The first-order chi connectivity index (χ1) is 12.4. The lowest BCUT2D eigenvalue weighted by molar-refractivity contribution is 0.231. The maximum Gasteiger partial charge on any atom is 0.00385 e. The summed E-state index contributed by atoms with van der Waals surface area (Å²) in [4.78, 5) is 2.59. The molecule has 0 atom stereocenters. The smallest absolute Gasteiger partial charge is 0.00385 e. The van der Waals surface area contributed by atoms with Crippen molar-refractivity contribution < 1.29 is 0 Å². The van der Waals surface area contributed by atoms with Crippen molar-refractivity contribution in [3.63, 3.8) is 0 Å². The third-order valence-electron chi connectivity index (χ3n) is 2.72. The largest absolute Gasteiger partial charge is 0.301 e. The van der Waals surface area contributed by atoms with E-state index in [1.54, 1.807) is 12.2 Å². The van der Waals surface area contributed by atoms with Gasteiger partial charge in [-0.1, -0.05) is 102 Å². The highest BCUT2D eigenvalue weighted by molar-refractivity contribution is 9.11. The van der Waals surface area contributed by atoms with Crippen LogP contribution in [0.5, 0.6) is 0 Å². The number of hydrogen-bond donors (Lipinski definition) is 0. The van der Waals surface area contributed by atoms with E-state index in [0.717, 1.165) is 10.5 Å². The van der Waals surface area contributed by atoms with Gasteiger partial charge in [0.05, 0.1) is 0 Å². The molecule has 26 heavy (non-hydrogen) atoms. The van der Waals surface area contributed by atoms with Crippen LogP contribution < -0.4 is 0 Å². The zero-order valence-electron chi connectivity index (χ0n) is 20.0. The Hall–Kier alpha value is -0.340. The Morgan fingerprint density at radius 1 is 0.962 bits per heavy atom. The Morgan fingerprint density at radius 3 is 1.42 bits per heavy atom. The number of hydrogen-bond acceptors (Lipinski definition) is 1. The molecule has 0 saturated carbocycles. The molecule has 0 spiro atoms. The van der Waals surface area contributed by atoms with E-state index in [1.165, 1.54) is 45.2 Å². The van der Waals surface area contributed by atoms with Crippen LogP contribution in [0.3, 0.4) is 0 Å². The Balaban J connectivity index is -0.0000000793. The second-order valence-electron chi connectivity index (χ2n) is 5.65. The van der Waals surface area contributed by atoms with E-state index < -0.39 is 0 Å². The Kier molecular flexibility index (Phi) is 55.7. The molecule has 1 heterocycles. The predicted octanol–water partition coefficient (Wildman–Crippen LogP) is 9.40. The fourth-order valence-electron chi connectivity index (χ4n) is 1.77. The van der Waals surface area contributed by atoms with Crippen LogP contribution in [0.2, 0.25) is 0 Å². The van der Waals surface area contributed by atoms with Gasteiger partial charge in [0, 0.05) is 6.04 Å². The number of halogens is 1. The summed E-state index contributed by atoms with van der Waals surface area (Å²) in [6.07, 6.45) is 12.4. The van der Waals surface area contributed by atoms with Crippen LogP contribution in [0.4, 0.5) is 0 Å². The molecule has 1 aliphatic rings. The second kappa shape index (κ2) is 39.6. The molecular weight excluding hydrogens is 382 g/mol. The van der Waals surface area contributed by atoms with Crippen molar-refractivity contribution in [3.05, 3.63) is 35.9 Å². The molecule has 0 aromatic carbocycles. The summed E-state index contributed by atoms with van der Waals surface area (Å²) < 4.78 is 1.11. The summed E-state index contributed by atoms with van der Waals surface area (Å²) in [6, 6.07) is 0.762. The molecule has 1 fully saturated rings. The standard InChI is InChI=1S/C9H19N.C5H7Br.C3H8.C3H6.2C2H6/c1-9(2)10-7-5-3-4-6-8-10;1-3-4-5(2)6;2*1-3-2;2*1-2/h9H,3-8H2,1-2H3;3-4H,1H2,2H3;3H2,1-2H3;3H,1H2,2H3;2*1-2H3/b;5-4+;;;;. The van der Waals surface area contributed by atoms with Gasteiger partial charge >= 0.3 is 0 Å². The first-order valence-corrected chi connectivity index (χ1v) is 11.5. The average molecular weight is 435 g/mol. The van der Waals surface area contributed by atoms with Crippen molar-refractivity contribution in [2.75, 3.05) is 13.1 Å². The number of rotatable bonds is 2. The molecular formula is C24H52BrN. The van der Waals surface area contributed by atoms with Gasteiger partial charge in [-0.25, -0.2) is 0 Å². The monoisotopic (exact) mass is 433 g/mol. The number of likely N-dealkylation sites (tertiary alicyclic amines) is 1. The number of nitrogens with zero attached hydrogens (tertiary/aromatic N) is 1. The van der Waals surface area contributed by atoms with Crippen molar-refractivity contribution in [1.29, 1.82) is 0 Å². The minimum absolute atomic E-state index is 0.762. The van der Waals surface area contributed by atoms with Crippen LogP contribution in [0, 0.1) is 0 Å². The molecule has 0 bridgehead atoms. The molecule has 1 nitrogen and oxygen atoms in total. The van der Waals surface area contributed by atoms with E-state index in [9.17, 15) is 0 Å². The molecule has 0 radical (unpaired) electrons. The lowest BCUT2D eigenvalue weighted by atomic mass is 10.2. The highest BCUT2D eigenvalue weighted by Gasteiger charge is 2.10. The van der Waals surface area contributed by atoms with E-state index in [0.29, 0.717) is 0 Å². The minimum atomic E-state index is 0.762. The SMILES string of the molecule is C=C/C=C(\C)Br.C=CC.CC.CC.CC(C)N1CCCCCC1.CCC. The summed E-state index contributed by atoms with van der Waals surface area (Å²) in [6.45, 7) is 30.2. The van der Waals surface area contributed by atoms with Crippen LogP contribution in [-0.2, 0) is 0 Å². The molecule has 1 aliphatic heterocycles. The van der Waals surface area contributed by atoms with Crippen LogP contribution in [0.15, 0.2) is 35.9 Å². The lowest BCUT2D eigenvalue weighted by Crippen LogP contribution is -2.31. The molecule has 1 rings (SSSR count). The normalized spacial score (nSPS) is 13.2. The van der Waals surface area contributed by atoms with Crippen molar-refractivity contribution in [2.24, 2.45) is 0 Å². The maximum atomic E-state index is 3.49. The van der Waals surface area contributed by atoms with E-state index in [-0.39, 0.29) is 0 Å². The van der Waals surface area contributed by atoms with E-state index >= 15 is 0 Å². The highest BCUT2D eigenvalue weighted by atomic mass is 79.9. The third kappa shape index (κ3) is 49.5. The molecule has 0 amide bonds. The summed E-state index contributed by atoms with van der Waals surface area (Å²) in [5.41, 5.74) is 0. The van der Waals surface area contributed by atoms with Crippen LogP contribution in [0.1, 0.15) is 101 Å².